The van der Waals surface area contributed by atoms with Crippen molar-refractivity contribution in [2.75, 3.05) is 0 Å². The van der Waals surface area contributed by atoms with Crippen LogP contribution in [0, 0.1) is 0 Å². The number of thiophene rings is 1. The van der Waals surface area contributed by atoms with Crippen LogP contribution in [0.2, 0.25) is 0 Å². The van der Waals surface area contributed by atoms with Gasteiger partial charge in [0.2, 0.25) is 11.8 Å². The van der Waals surface area contributed by atoms with Crippen molar-refractivity contribution in [3.05, 3.63) is 28.5 Å². The van der Waals surface area contributed by atoms with Gasteiger partial charge in [0, 0.05) is 17.4 Å². The maximum atomic E-state index is 11.6. The SMILES string of the molecule is CCCCCC(=O)NNC(=S)NC(=O)/C=C/c1cccs1. The molecule has 0 aliphatic rings. The second-order valence-electron chi connectivity index (χ2n) is 4.30. The van der Waals surface area contributed by atoms with Crippen LogP contribution in [0.3, 0.4) is 0 Å². The van der Waals surface area contributed by atoms with Gasteiger partial charge in [0.25, 0.3) is 0 Å². The summed E-state index contributed by atoms with van der Waals surface area (Å²) < 4.78 is 0. The van der Waals surface area contributed by atoms with E-state index >= 15 is 0 Å². The molecule has 0 saturated heterocycles. The van der Waals surface area contributed by atoms with Crippen LogP contribution >= 0.6 is 23.6 Å². The molecule has 1 heterocycles. The maximum Gasteiger partial charge on any atom is 0.250 e. The average Bonchev–Trinajstić information content (AvgIpc) is 2.96. The van der Waals surface area contributed by atoms with Crippen molar-refractivity contribution < 1.29 is 9.59 Å². The number of thiocarbonyl (C=S) groups is 1. The zero-order chi connectivity index (χ0) is 15.5. The minimum absolute atomic E-state index is 0.0691. The van der Waals surface area contributed by atoms with Crippen LogP contribution in [0.5, 0.6) is 0 Å². The highest BCUT2D eigenvalue weighted by atomic mass is 32.1. The van der Waals surface area contributed by atoms with Crippen molar-refractivity contribution in [1.29, 1.82) is 0 Å². The van der Waals surface area contributed by atoms with Crippen LogP contribution in [0.25, 0.3) is 6.08 Å². The van der Waals surface area contributed by atoms with Crippen LogP contribution < -0.4 is 16.2 Å². The van der Waals surface area contributed by atoms with E-state index in [1.54, 1.807) is 6.08 Å². The molecule has 0 aliphatic carbocycles. The van der Waals surface area contributed by atoms with E-state index in [0.717, 1.165) is 24.1 Å². The molecule has 0 saturated carbocycles. The van der Waals surface area contributed by atoms with Crippen LogP contribution in [0.1, 0.15) is 37.5 Å². The number of hydrogen-bond donors (Lipinski definition) is 3. The van der Waals surface area contributed by atoms with Crippen molar-refractivity contribution in [2.45, 2.75) is 32.6 Å². The highest BCUT2D eigenvalue weighted by Gasteiger charge is 2.03. The summed E-state index contributed by atoms with van der Waals surface area (Å²) in [6, 6.07) is 3.81. The fourth-order valence-corrected chi connectivity index (χ4v) is 2.22. The van der Waals surface area contributed by atoms with E-state index in [-0.39, 0.29) is 16.9 Å². The molecule has 3 N–H and O–H groups in total. The van der Waals surface area contributed by atoms with E-state index in [2.05, 4.69) is 23.1 Å². The molecule has 1 rings (SSSR count). The van der Waals surface area contributed by atoms with Crippen LogP contribution in [0.4, 0.5) is 0 Å². The second kappa shape index (κ2) is 10.1. The smallest absolute Gasteiger partial charge is 0.250 e. The van der Waals surface area contributed by atoms with Gasteiger partial charge in [-0.1, -0.05) is 25.8 Å². The van der Waals surface area contributed by atoms with Gasteiger partial charge in [-0.15, -0.1) is 11.3 Å². The first-order valence-corrected chi connectivity index (χ1v) is 8.02. The summed E-state index contributed by atoms with van der Waals surface area (Å²) in [5.41, 5.74) is 4.95. The molecule has 0 aromatic carbocycles. The molecule has 1 aromatic heterocycles. The Labute approximate surface area is 133 Å². The first-order chi connectivity index (χ1) is 10.1. The van der Waals surface area contributed by atoms with Crippen molar-refractivity contribution in [2.24, 2.45) is 0 Å². The fourth-order valence-electron chi connectivity index (χ4n) is 1.45. The first kappa shape index (κ1) is 17.3. The molecule has 0 fully saturated rings. The topological polar surface area (TPSA) is 70.2 Å². The fraction of sp³-hybridized carbons (Fsp3) is 0.357. The number of carbonyl (C=O) groups excluding carboxylic acids is 2. The summed E-state index contributed by atoms with van der Waals surface area (Å²) >= 11 is 6.44. The third-order valence-corrected chi connectivity index (χ3v) is 3.54. The Bertz CT molecular complexity index is 498. The molecule has 0 unspecified atom stereocenters. The van der Waals surface area contributed by atoms with Crippen molar-refractivity contribution in [3.8, 4) is 0 Å². The van der Waals surface area contributed by atoms with Gasteiger partial charge in [-0.05, 0) is 36.2 Å². The van der Waals surface area contributed by atoms with E-state index < -0.39 is 0 Å². The van der Waals surface area contributed by atoms with Gasteiger partial charge in [-0.25, -0.2) is 0 Å². The number of amides is 2. The normalized spacial score (nSPS) is 10.3. The number of hydrazine groups is 1. The van der Waals surface area contributed by atoms with E-state index in [9.17, 15) is 9.59 Å². The molecule has 114 valence electrons. The molecule has 2 amide bonds. The molecule has 0 atom stereocenters. The summed E-state index contributed by atoms with van der Waals surface area (Å²) in [6.45, 7) is 2.07. The summed E-state index contributed by atoms with van der Waals surface area (Å²) in [5.74, 6) is -0.490. The van der Waals surface area contributed by atoms with Gasteiger partial charge >= 0.3 is 0 Å². The molecule has 1 aromatic rings. The molecule has 7 heteroatoms. The molecular weight excluding hydrogens is 306 g/mol. The van der Waals surface area contributed by atoms with Gasteiger partial charge in [0.1, 0.15) is 0 Å². The third kappa shape index (κ3) is 8.21. The quantitative estimate of drug-likeness (QED) is 0.325. The Morgan fingerprint density at radius 1 is 1.33 bits per heavy atom. The zero-order valence-corrected chi connectivity index (χ0v) is 13.5. The van der Waals surface area contributed by atoms with Crippen LogP contribution in [-0.4, -0.2) is 16.9 Å². The predicted octanol–water partition coefficient (Wildman–Crippen LogP) is 2.36. The standard InChI is InChI=1S/C14H19N3O2S2/c1-2-3-4-7-13(19)16-17-14(20)15-12(18)9-8-11-6-5-10-21-11/h5-6,8-10H,2-4,7H2,1H3,(H,16,19)(H2,15,17,18,20)/b9-8+. The van der Waals surface area contributed by atoms with E-state index in [1.807, 2.05) is 17.5 Å². The van der Waals surface area contributed by atoms with E-state index in [0.29, 0.717) is 6.42 Å². The summed E-state index contributed by atoms with van der Waals surface area (Å²) in [7, 11) is 0. The Balaban J connectivity index is 2.21. The lowest BCUT2D eigenvalue weighted by Gasteiger charge is -2.09. The van der Waals surface area contributed by atoms with Crippen LogP contribution in [-0.2, 0) is 9.59 Å². The minimum atomic E-state index is -0.346. The molecule has 21 heavy (non-hydrogen) atoms. The van der Waals surface area contributed by atoms with Crippen molar-refractivity contribution >= 4 is 46.6 Å². The van der Waals surface area contributed by atoms with Gasteiger partial charge in [0.05, 0.1) is 0 Å². The lowest BCUT2D eigenvalue weighted by molar-refractivity contribution is -0.122. The zero-order valence-electron chi connectivity index (χ0n) is 11.8. The lowest BCUT2D eigenvalue weighted by Crippen LogP contribution is -2.48. The van der Waals surface area contributed by atoms with Crippen LogP contribution in [0.15, 0.2) is 23.6 Å². The number of unbranched alkanes of at least 4 members (excludes halogenated alkanes) is 2. The highest BCUT2D eigenvalue weighted by Crippen LogP contribution is 2.09. The largest absolute Gasteiger partial charge is 0.298 e. The molecule has 0 radical (unpaired) electrons. The average molecular weight is 325 g/mol. The molecule has 5 nitrogen and oxygen atoms in total. The van der Waals surface area contributed by atoms with E-state index in [4.69, 9.17) is 12.2 Å². The molecular formula is C14H19N3O2S2. The van der Waals surface area contributed by atoms with Gasteiger partial charge in [0.15, 0.2) is 5.11 Å². The Morgan fingerprint density at radius 2 is 2.14 bits per heavy atom. The monoisotopic (exact) mass is 325 g/mol. The molecule has 0 aliphatic heterocycles. The van der Waals surface area contributed by atoms with Crippen molar-refractivity contribution in [3.63, 3.8) is 0 Å². The highest BCUT2D eigenvalue weighted by molar-refractivity contribution is 7.80. The van der Waals surface area contributed by atoms with E-state index in [1.165, 1.54) is 17.4 Å². The Kier molecular flexibility index (Phi) is 8.30. The Morgan fingerprint density at radius 3 is 2.81 bits per heavy atom. The first-order valence-electron chi connectivity index (χ1n) is 6.73. The maximum absolute atomic E-state index is 11.6. The van der Waals surface area contributed by atoms with Gasteiger partial charge in [-0.3, -0.25) is 25.8 Å². The van der Waals surface area contributed by atoms with Crippen molar-refractivity contribution in [1.82, 2.24) is 16.2 Å². The van der Waals surface area contributed by atoms with Gasteiger partial charge < -0.3 is 0 Å². The molecule has 0 bridgehead atoms. The lowest BCUT2D eigenvalue weighted by atomic mass is 10.2. The summed E-state index contributed by atoms with van der Waals surface area (Å²) in [5, 5.41) is 4.45. The predicted molar refractivity (Wildman–Crippen MR) is 89.5 cm³/mol. The second-order valence-corrected chi connectivity index (χ2v) is 5.68. The number of nitrogens with one attached hydrogen (secondary N) is 3. The number of hydrogen-bond acceptors (Lipinski definition) is 4. The summed E-state index contributed by atoms with van der Waals surface area (Å²) in [6.07, 6.45) is 6.45. The molecule has 0 spiro atoms. The summed E-state index contributed by atoms with van der Waals surface area (Å²) in [4.78, 5) is 24.0. The number of carbonyl (C=O) groups is 2. The third-order valence-electron chi connectivity index (χ3n) is 2.50. The number of rotatable bonds is 6. The minimum Gasteiger partial charge on any atom is -0.298 e. The Hall–Kier alpha value is -1.73. The van der Waals surface area contributed by atoms with Gasteiger partial charge in [-0.2, -0.15) is 0 Å².